The number of methoxy groups -OCH3 is 2. The molecular weight excluding hydrogens is 340 g/mol. The molecule has 2 aromatic rings. The van der Waals surface area contributed by atoms with E-state index in [-0.39, 0.29) is 18.0 Å². The standard InChI is InChI=1S/C22H28N2O3/c1-16(19-7-4-5-9-21(19)27-3)23-22(25)15-24-14-6-8-20(24)17-10-12-18(26-2)13-11-17/h4-5,7,9-13,16,20H,6,8,14-15H2,1-3H3,(H,23,25). The number of rotatable bonds is 7. The van der Waals surface area contributed by atoms with E-state index in [0.29, 0.717) is 6.54 Å². The van der Waals surface area contributed by atoms with Crippen LogP contribution in [0, 0.1) is 0 Å². The van der Waals surface area contributed by atoms with E-state index in [2.05, 4.69) is 22.3 Å². The maximum absolute atomic E-state index is 12.6. The van der Waals surface area contributed by atoms with Crippen molar-refractivity contribution < 1.29 is 14.3 Å². The number of ether oxygens (including phenoxy) is 2. The average molecular weight is 368 g/mol. The summed E-state index contributed by atoms with van der Waals surface area (Å²) in [6, 6.07) is 16.1. The Bertz CT molecular complexity index is 760. The van der Waals surface area contributed by atoms with Crippen molar-refractivity contribution in [1.82, 2.24) is 10.2 Å². The number of hydrogen-bond donors (Lipinski definition) is 1. The van der Waals surface area contributed by atoms with Crippen molar-refractivity contribution in [2.45, 2.75) is 31.8 Å². The minimum Gasteiger partial charge on any atom is -0.497 e. The third-order valence-corrected chi connectivity index (χ3v) is 5.19. The Morgan fingerprint density at radius 2 is 1.89 bits per heavy atom. The van der Waals surface area contributed by atoms with Gasteiger partial charge in [-0.05, 0) is 50.1 Å². The molecule has 0 aromatic heterocycles. The van der Waals surface area contributed by atoms with E-state index < -0.39 is 0 Å². The van der Waals surface area contributed by atoms with Crippen LogP contribution < -0.4 is 14.8 Å². The topological polar surface area (TPSA) is 50.8 Å². The molecule has 1 aliphatic rings. The summed E-state index contributed by atoms with van der Waals surface area (Å²) in [4.78, 5) is 14.9. The normalized spacial score (nSPS) is 18.1. The minimum atomic E-state index is -0.101. The number of para-hydroxylation sites is 1. The minimum absolute atomic E-state index is 0.0359. The first-order valence-corrected chi connectivity index (χ1v) is 9.42. The van der Waals surface area contributed by atoms with Crippen molar-refractivity contribution in [1.29, 1.82) is 0 Å². The lowest BCUT2D eigenvalue weighted by Gasteiger charge is -2.25. The van der Waals surface area contributed by atoms with Gasteiger partial charge in [0.2, 0.25) is 5.91 Å². The van der Waals surface area contributed by atoms with Crippen molar-refractivity contribution in [2.75, 3.05) is 27.3 Å². The second-order valence-electron chi connectivity index (χ2n) is 6.93. The first-order valence-electron chi connectivity index (χ1n) is 9.42. The van der Waals surface area contributed by atoms with Gasteiger partial charge in [-0.1, -0.05) is 30.3 Å². The van der Waals surface area contributed by atoms with Crippen molar-refractivity contribution >= 4 is 5.91 Å². The molecule has 2 aromatic carbocycles. The van der Waals surface area contributed by atoms with Crippen LogP contribution in [0.4, 0.5) is 0 Å². The third kappa shape index (κ3) is 4.61. The molecule has 0 spiro atoms. The van der Waals surface area contributed by atoms with Gasteiger partial charge in [-0.15, -0.1) is 0 Å². The number of carbonyl (C=O) groups is 1. The summed E-state index contributed by atoms with van der Waals surface area (Å²) in [6.07, 6.45) is 2.17. The summed E-state index contributed by atoms with van der Waals surface area (Å²) in [5.74, 6) is 1.68. The monoisotopic (exact) mass is 368 g/mol. The maximum Gasteiger partial charge on any atom is 0.234 e. The first kappa shape index (κ1) is 19.2. The average Bonchev–Trinajstić information content (AvgIpc) is 3.15. The molecule has 144 valence electrons. The molecule has 5 heteroatoms. The predicted octanol–water partition coefficient (Wildman–Crippen LogP) is 3.72. The predicted molar refractivity (Wildman–Crippen MR) is 106 cm³/mol. The highest BCUT2D eigenvalue weighted by Gasteiger charge is 2.28. The molecule has 3 rings (SSSR count). The van der Waals surface area contributed by atoms with Gasteiger partial charge >= 0.3 is 0 Å². The molecule has 0 bridgehead atoms. The van der Waals surface area contributed by atoms with Crippen LogP contribution in [0.1, 0.15) is 43.0 Å². The molecule has 1 heterocycles. The van der Waals surface area contributed by atoms with Gasteiger partial charge in [0.15, 0.2) is 0 Å². The Hall–Kier alpha value is -2.53. The number of carbonyl (C=O) groups excluding carboxylic acids is 1. The molecular formula is C22H28N2O3. The zero-order valence-corrected chi connectivity index (χ0v) is 16.3. The molecule has 2 atom stereocenters. The molecule has 5 nitrogen and oxygen atoms in total. The van der Waals surface area contributed by atoms with E-state index in [4.69, 9.17) is 9.47 Å². The smallest absolute Gasteiger partial charge is 0.234 e. The summed E-state index contributed by atoms with van der Waals surface area (Å²) in [5.41, 5.74) is 2.22. The van der Waals surface area contributed by atoms with Crippen LogP contribution in [0.25, 0.3) is 0 Å². The fraction of sp³-hybridized carbons (Fsp3) is 0.409. The highest BCUT2D eigenvalue weighted by atomic mass is 16.5. The fourth-order valence-corrected chi connectivity index (χ4v) is 3.79. The van der Waals surface area contributed by atoms with E-state index in [0.717, 1.165) is 36.4 Å². The number of hydrogen-bond acceptors (Lipinski definition) is 4. The maximum atomic E-state index is 12.6. The highest BCUT2D eigenvalue weighted by Crippen LogP contribution is 2.32. The fourth-order valence-electron chi connectivity index (χ4n) is 3.79. The summed E-state index contributed by atoms with van der Waals surface area (Å²) in [7, 11) is 3.32. The third-order valence-electron chi connectivity index (χ3n) is 5.19. The molecule has 0 aliphatic carbocycles. The van der Waals surface area contributed by atoms with Gasteiger partial charge in [0.25, 0.3) is 0 Å². The zero-order valence-electron chi connectivity index (χ0n) is 16.3. The first-order chi connectivity index (χ1) is 13.1. The van der Waals surface area contributed by atoms with Crippen LogP contribution in [-0.4, -0.2) is 38.1 Å². The molecule has 2 unspecified atom stereocenters. The Labute approximate surface area is 161 Å². The van der Waals surface area contributed by atoms with Crippen LogP contribution in [0.5, 0.6) is 11.5 Å². The van der Waals surface area contributed by atoms with E-state index >= 15 is 0 Å². The molecule has 0 saturated carbocycles. The van der Waals surface area contributed by atoms with E-state index in [1.807, 2.05) is 43.3 Å². The van der Waals surface area contributed by atoms with Crippen LogP contribution in [0.15, 0.2) is 48.5 Å². The Morgan fingerprint density at radius 3 is 2.59 bits per heavy atom. The molecule has 1 amide bonds. The zero-order chi connectivity index (χ0) is 19.2. The van der Waals surface area contributed by atoms with Gasteiger partial charge in [0.05, 0.1) is 26.8 Å². The molecule has 1 N–H and O–H groups in total. The van der Waals surface area contributed by atoms with Crippen molar-refractivity contribution in [2.24, 2.45) is 0 Å². The van der Waals surface area contributed by atoms with E-state index in [1.54, 1.807) is 14.2 Å². The Kier molecular flexibility index (Phi) is 6.35. The van der Waals surface area contributed by atoms with Crippen LogP contribution in [-0.2, 0) is 4.79 Å². The SMILES string of the molecule is COc1ccc(C2CCCN2CC(=O)NC(C)c2ccccc2OC)cc1. The molecule has 1 aliphatic heterocycles. The number of nitrogens with one attached hydrogen (secondary N) is 1. The van der Waals surface area contributed by atoms with Crippen molar-refractivity contribution in [3.05, 3.63) is 59.7 Å². The quantitative estimate of drug-likeness (QED) is 0.809. The number of benzene rings is 2. The van der Waals surface area contributed by atoms with Gasteiger partial charge < -0.3 is 14.8 Å². The Morgan fingerprint density at radius 1 is 1.15 bits per heavy atom. The lowest BCUT2D eigenvalue weighted by atomic mass is 10.0. The van der Waals surface area contributed by atoms with E-state index in [9.17, 15) is 4.79 Å². The summed E-state index contributed by atoms with van der Waals surface area (Å²) in [5, 5.41) is 3.11. The number of amides is 1. The Balaban J connectivity index is 1.62. The lowest BCUT2D eigenvalue weighted by molar-refractivity contribution is -0.123. The van der Waals surface area contributed by atoms with Gasteiger partial charge in [0, 0.05) is 11.6 Å². The van der Waals surface area contributed by atoms with Gasteiger partial charge in [0.1, 0.15) is 11.5 Å². The lowest BCUT2D eigenvalue weighted by Crippen LogP contribution is -2.38. The van der Waals surface area contributed by atoms with E-state index in [1.165, 1.54) is 5.56 Å². The highest BCUT2D eigenvalue weighted by molar-refractivity contribution is 5.78. The van der Waals surface area contributed by atoms with Crippen molar-refractivity contribution in [3.63, 3.8) is 0 Å². The second-order valence-corrected chi connectivity index (χ2v) is 6.93. The molecule has 0 radical (unpaired) electrons. The number of nitrogens with zero attached hydrogens (tertiary/aromatic N) is 1. The van der Waals surface area contributed by atoms with Crippen LogP contribution >= 0.6 is 0 Å². The van der Waals surface area contributed by atoms with Crippen LogP contribution in [0.2, 0.25) is 0 Å². The summed E-state index contributed by atoms with van der Waals surface area (Å²) >= 11 is 0. The van der Waals surface area contributed by atoms with Crippen molar-refractivity contribution in [3.8, 4) is 11.5 Å². The molecule has 1 saturated heterocycles. The second kappa shape index (κ2) is 8.91. The molecule has 27 heavy (non-hydrogen) atoms. The summed E-state index contributed by atoms with van der Waals surface area (Å²) in [6.45, 7) is 3.32. The number of likely N-dealkylation sites (tertiary alicyclic amines) is 1. The van der Waals surface area contributed by atoms with Gasteiger partial charge in [-0.3, -0.25) is 9.69 Å². The molecule has 1 fully saturated rings. The van der Waals surface area contributed by atoms with Gasteiger partial charge in [-0.25, -0.2) is 0 Å². The van der Waals surface area contributed by atoms with Crippen LogP contribution in [0.3, 0.4) is 0 Å². The largest absolute Gasteiger partial charge is 0.497 e. The van der Waals surface area contributed by atoms with Gasteiger partial charge in [-0.2, -0.15) is 0 Å². The summed E-state index contributed by atoms with van der Waals surface area (Å²) < 4.78 is 10.6.